The van der Waals surface area contributed by atoms with Gasteiger partial charge in [0.05, 0.1) is 0 Å². The van der Waals surface area contributed by atoms with Crippen LogP contribution in [0.1, 0.15) is 16.7 Å². The number of hydrogen-bond donors (Lipinski definition) is 1. The zero-order valence-corrected chi connectivity index (χ0v) is 12.7. The minimum Gasteiger partial charge on any atom is -0.445 e. The lowest BCUT2D eigenvalue weighted by Crippen LogP contribution is -2.24. The van der Waals surface area contributed by atoms with Gasteiger partial charge in [-0.1, -0.05) is 48.6 Å². The molecular weight excluding hydrogens is 300 g/mol. The standard InChI is InChI=1S/C18H17F2NO2/c1-13-15(9-10-16(19)17(13)20)8-5-11-21-18(22)23-12-14-6-3-2-4-7-14/h2-10H,11-12H2,1H3,(H,21,22). The molecule has 0 aliphatic carbocycles. The highest BCUT2D eigenvalue weighted by Gasteiger charge is 2.07. The van der Waals surface area contributed by atoms with Crippen molar-refractivity contribution in [2.45, 2.75) is 13.5 Å². The molecule has 0 heterocycles. The molecule has 1 N–H and O–H groups in total. The maximum atomic E-state index is 13.4. The molecule has 0 unspecified atom stereocenters. The highest BCUT2D eigenvalue weighted by Crippen LogP contribution is 2.16. The SMILES string of the molecule is Cc1c(C=CCNC(=O)OCc2ccccc2)ccc(F)c1F. The van der Waals surface area contributed by atoms with Crippen LogP contribution >= 0.6 is 0 Å². The molecule has 2 aromatic rings. The normalized spacial score (nSPS) is 10.7. The van der Waals surface area contributed by atoms with Crippen LogP contribution in [0.5, 0.6) is 0 Å². The zero-order valence-electron chi connectivity index (χ0n) is 12.7. The van der Waals surface area contributed by atoms with Gasteiger partial charge in [0, 0.05) is 6.54 Å². The van der Waals surface area contributed by atoms with Gasteiger partial charge in [-0.3, -0.25) is 0 Å². The van der Waals surface area contributed by atoms with Crippen LogP contribution in [0.3, 0.4) is 0 Å². The Balaban J connectivity index is 1.78. The third-order valence-corrected chi connectivity index (χ3v) is 3.26. The number of rotatable bonds is 5. The number of carbonyl (C=O) groups is 1. The Hall–Kier alpha value is -2.69. The smallest absolute Gasteiger partial charge is 0.407 e. The summed E-state index contributed by atoms with van der Waals surface area (Å²) in [5.74, 6) is -1.73. The Morgan fingerprint density at radius 1 is 1.17 bits per heavy atom. The zero-order chi connectivity index (χ0) is 16.7. The molecule has 0 fully saturated rings. The number of ether oxygens (including phenoxy) is 1. The number of amides is 1. The van der Waals surface area contributed by atoms with Crippen molar-refractivity contribution in [1.29, 1.82) is 0 Å². The Morgan fingerprint density at radius 2 is 1.91 bits per heavy atom. The summed E-state index contributed by atoms with van der Waals surface area (Å²) in [6.45, 7) is 1.92. The molecule has 0 bridgehead atoms. The van der Waals surface area contributed by atoms with Crippen molar-refractivity contribution >= 4 is 12.2 Å². The Bertz CT molecular complexity index is 700. The van der Waals surface area contributed by atoms with Crippen molar-refractivity contribution < 1.29 is 18.3 Å². The summed E-state index contributed by atoms with van der Waals surface area (Å²) in [4.78, 5) is 11.5. The van der Waals surface area contributed by atoms with Crippen molar-refractivity contribution in [1.82, 2.24) is 5.32 Å². The second-order valence-electron chi connectivity index (χ2n) is 4.92. The summed E-state index contributed by atoms with van der Waals surface area (Å²) in [6.07, 6.45) is 2.72. The molecule has 0 spiro atoms. The number of halogens is 2. The summed E-state index contributed by atoms with van der Waals surface area (Å²) in [7, 11) is 0. The summed E-state index contributed by atoms with van der Waals surface area (Å²) in [5, 5.41) is 2.55. The van der Waals surface area contributed by atoms with E-state index in [2.05, 4.69) is 5.32 Å². The van der Waals surface area contributed by atoms with Gasteiger partial charge in [0.25, 0.3) is 0 Å². The molecule has 0 aromatic heterocycles. The summed E-state index contributed by atoms with van der Waals surface area (Å²) in [6, 6.07) is 11.9. The topological polar surface area (TPSA) is 38.3 Å². The van der Waals surface area contributed by atoms with Crippen molar-refractivity contribution in [3.05, 3.63) is 76.9 Å². The molecule has 0 radical (unpaired) electrons. The van der Waals surface area contributed by atoms with Crippen molar-refractivity contribution in [3.63, 3.8) is 0 Å². The molecule has 23 heavy (non-hydrogen) atoms. The highest BCUT2D eigenvalue weighted by atomic mass is 19.2. The molecule has 2 rings (SSSR count). The van der Waals surface area contributed by atoms with Crippen LogP contribution in [-0.2, 0) is 11.3 Å². The highest BCUT2D eigenvalue weighted by molar-refractivity contribution is 5.67. The molecule has 2 aromatic carbocycles. The van der Waals surface area contributed by atoms with Gasteiger partial charge >= 0.3 is 6.09 Å². The molecule has 3 nitrogen and oxygen atoms in total. The molecule has 0 aliphatic heterocycles. The van der Waals surface area contributed by atoms with E-state index in [0.717, 1.165) is 11.6 Å². The minimum absolute atomic E-state index is 0.193. The van der Waals surface area contributed by atoms with Gasteiger partial charge in [0.2, 0.25) is 0 Å². The Labute approximate surface area is 133 Å². The van der Waals surface area contributed by atoms with Crippen LogP contribution in [0.4, 0.5) is 13.6 Å². The van der Waals surface area contributed by atoms with Gasteiger partial charge in [-0.25, -0.2) is 13.6 Å². The third kappa shape index (κ3) is 4.92. The van der Waals surface area contributed by atoms with Crippen LogP contribution in [0.2, 0.25) is 0 Å². The number of carbonyl (C=O) groups excluding carboxylic acids is 1. The fourth-order valence-corrected chi connectivity index (χ4v) is 1.95. The van der Waals surface area contributed by atoms with Crippen LogP contribution in [0.15, 0.2) is 48.5 Å². The molecule has 5 heteroatoms. The predicted octanol–water partition coefficient (Wildman–Crippen LogP) is 4.21. The molecule has 0 aliphatic rings. The number of alkyl carbamates (subject to hydrolysis) is 1. The van der Waals surface area contributed by atoms with E-state index in [0.29, 0.717) is 5.56 Å². The average molecular weight is 317 g/mol. The van der Waals surface area contributed by atoms with Crippen molar-refractivity contribution in [2.24, 2.45) is 0 Å². The van der Waals surface area contributed by atoms with Gasteiger partial charge < -0.3 is 10.1 Å². The maximum absolute atomic E-state index is 13.4. The van der Waals surface area contributed by atoms with Crippen LogP contribution < -0.4 is 5.32 Å². The fraction of sp³-hybridized carbons (Fsp3) is 0.167. The fourth-order valence-electron chi connectivity index (χ4n) is 1.95. The molecule has 1 amide bonds. The first-order valence-corrected chi connectivity index (χ1v) is 7.13. The molecule has 0 saturated carbocycles. The van der Waals surface area contributed by atoms with Gasteiger partial charge in [-0.2, -0.15) is 0 Å². The van der Waals surface area contributed by atoms with E-state index >= 15 is 0 Å². The van der Waals surface area contributed by atoms with E-state index in [1.807, 2.05) is 30.3 Å². The van der Waals surface area contributed by atoms with Crippen LogP contribution in [0.25, 0.3) is 6.08 Å². The van der Waals surface area contributed by atoms with E-state index in [-0.39, 0.29) is 18.7 Å². The van der Waals surface area contributed by atoms with E-state index in [1.165, 1.54) is 13.0 Å². The lowest BCUT2D eigenvalue weighted by atomic mass is 10.1. The second kappa shape index (κ2) is 8.08. The van der Waals surface area contributed by atoms with E-state index in [4.69, 9.17) is 4.74 Å². The van der Waals surface area contributed by atoms with Crippen molar-refractivity contribution in [2.75, 3.05) is 6.54 Å². The largest absolute Gasteiger partial charge is 0.445 e. The summed E-state index contributed by atoms with van der Waals surface area (Å²) in [5.41, 5.74) is 1.69. The predicted molar refractivity (Wildman–Crippen MR) is 84.8 cm³/mol. The summed E-state index contributed by atoms with van der Waals surface area (Å²) < 4.78 is 31.4. The Morgan fingerprint density at radius 3 is 2.65 bits per heavy atom. The number of hydrogen-bond acceptors (Lipinski definition) is 2. The molecular formula is C18H17F2NO2. The number of nitrogens with one attached hydrogen (secondary N) is 1. The first-order valence-electron chi connectivity index (χ1n) is 7.13. The molecule has 120 valence electrons. The average Bonchev–Trinajstić information content (AvgIpc) is 2.57. The minimum atomic E-state index is -0.873. The van der Waals surface area contributed by atoms with E-state index in [1.54, 1.807) is 12.2 Å². The van der Waals surface area contributed by atoms with Gasteiger partial charge in [0.15, 0.2) is 11.6 Å². The first-order chi connectivity index (χ1) is 11.1. The van der Waals surface area contributed by atoms with Crippen LogP contribution in [-0.4, -0.2) is 12.6 Å². The summed E-state index contributed by atoms with van der Waals surface area (Å²) >= 11 is 0. The Kier molecular flexibility index (Phi) is 5.86. The third-order valence-electron chi connectivity index (χ3n) is 3.26. The first kappa shape index (κ1) is 16.7. The van der Waals surface area contributed by atoms with Gasteiger partial charge in [-0.05, 0) is 29.7 Å². The lowest BCUT2D eigenvalue weighted by Gasteiger charge is -2.05. The quantitative estimate of drug-likeness (QED) is 0.897. The van der Waals surface area contributed by atoms with E-state index in [9.17, 15) is 13.6 Å². The van der Waals surface area contributed by atoms with Crippen LogP contribution in [0, 0.1) is 18.6 Å². The number of benzene rings is 2. The van der Waals surface area contributed by atoms with Crippen molar-refractivity contribution in [3.8, 4) is 0 Å². The lowest BCUT2D eigenvalue weighted by molar-refractivity contribution is 0.141. The molecule has 0 atom stereocenters. The van der Waals surface area contributed by atoms with Gasteiger partial charge in [0.1, 0.15) is 6.61 Å². The second-order valence-corrected chi connectivity index (χ2v) is 4.92. The maximum Gasteiger partial charge on any atom is 0.407 e. The monoisotopic (exact) mass is 317 g/mol. The molecule has 0 saturated heterocycles. The van der Waals surface area contributed by atoms with E-state index < -0.39 is 17.7 Å². The van der Waals surface area contributed by atoms with Gasteiger partial charge in [-0.15, -0.1) is 0 Å².